The van der Waals surface area contributed by atoms with Crippen molar-refractivity contribution in [1.29, 1.82) is 0 Å². The quantitative estimate of drug-likeness (QED) is 0.587. The molecule has 0 radical (unpaired) electrons. The number of anilines is 1. The largest absolute Gasteiger partial charge is 0.452 e. The lowest BCUT2D eigenvalue weighted by Gasteiger charge is -2.49. The topological polar surface area (TPSA) is 43.9 Å². The molecule has 2 heterocycles. The minimum atomic E-state index is -4.97. The van der Waals surface area contributed by atoms with Gasteiger partial charge in [-0.15, -0.1) is 0 Å². The normalized spacial score (nSPS) is 21.6. The van der Waals surface area contributed by atoms with E-state index in [9.17, 15) is 22.8 Å². The van der Waals surface area contributed by atoms with Crippen LogP contribution in [-0.4, -0.2) is 79.4 Å². The van der Waals surface area contributed by atoms with E-state index >= 15 is 0 Å². The second-order valence-electron chi connectivity index (χ2n) is 6.41. The van der Waals surface area contributed by atoms with Gasteiger partial charge in [0.25, 0.3) is 5.78 Å². The number of aldehydes is 1. The molecule has 2 fully saturated rings. The zero-order chi connectivity index (χ0) is 18.0. The van der Waals surface area contributed by atoms with Crippen LogP contribution in [0.4, 0.5) is 18.9 Å². The van der Waals surface area contributed by atoms with Crippen molar-refractivity contribution in [2.75, 3.05) is 44.2 Å². The van der Waals surface area contributed by atoms with E-state index in [1.165, 1.54) is 4.90 Å². The predicted molar refractivity (Wildman–Crippen MR) is 86.5 cm³/mol. The van der Waals surface area contributed by atoms with Crippen molar-refractivity contribution in [3.63, 3.8) is 0 Å². The number of nitrogens with zero attached hydrogens (tertiary/aromatic N) is 3. The first-order valence-electron chi connectivity index (χ1n) is 8.24. The highest BCUT2D eigenvalue weighted by Gasteiger charge is 2.48. The number of benzene rings is 1. The first-order chi connectivity index (χ1) is 11.9. The molecule has 25 heavy (non-hydrogen) atoms. The Morgan fingerprint density at radius 1 is 1.08 bits per heavy atom. The molecule has 0 aromatic heterocycles. The van der Waals surface area contributed by atoms with Gasteiger partial charge in [0.2, 0.25) is 0 Å². The second kappa shape index (κ2) is 7.13. The third-order valence-corrected chi connectivity index (χ3v) is 4.91. The Labute approximate surface area is 144 Å². The summed E-state index contributed by atoms with van der Waals surface area (Å²) in [6.45, 7) is 3.95. The fourth-order valence-electron chi connectivity index (χ4n) is 3.41. The number of carbonyl (C=O) groups is 2. The van der Waals surface area contributed by atoms with Gasteiger partial charge in [0, 0.05) is 51.0 Å². The van der Waals surface area contributed by atoms with E-state index in [1.54, 1.807) is 0 Å². The van der Waals surface area contributed by atoms with E-state index in [4.69, 9.17) is 0 Å². The van der Waals surface area contributed by atoms with Gasteiger partial charge in [0.1, 0.15) is 12.3 Å². The summed E-state index contributed by atoms with van der Waals surface area (Å²) in [5.74, 6) is -1.98. The number of ketones is 1. The highest BCUT2D eigenvalue weighted by Crippen LogP contribution is 2.25. The van der Waals surface area contributed by atoms with Crippen LogP contribution >= 0.6 is 0 Å². The van der Waals surface area contributed by atoms with E-state index in [1.807, 2.05) is 18.2 Å². The summed E-state index contributed by atoms with van der Waals surface area (Å²) >= 11 is 0. The number of piperazine rings is 1. The second-order valence-corrected chi connectivity index (χ2v) is 6.41. The zero-order valence-electron chi connectivity index (χ0n) is 13.7. The Hall–Kier alpha value is -1.93. The summed E-state index contributed by atoms with van der Waals surface area (Å²) in [6, 6.07) is 8.44. The van der Waals surface area contributed by atoms with Crippen molar-refractivity contribution in [1.82, 2.24) is 9.80 Å². The SMILES string of the molecule is O=CC(C(=O)C(F)(F)F)N1CC(N2CCN(c3ccccc3)CC2)C1. The molecule has 0 spiro atoms. The molecule has 2 saturated heterocycles. The molecule has 1 aromatic rings. The van der Waals surface area contributed by atoms with Crippen LogP contribution in [0.1, 0.15) is 0 Å². The van der Waals surface area contributed by atoms with Crippen LogP contribution in [0.25, 0.3) is 0 Å². The Kier molecular flexibility index (Phi) is 5.10. The fraction of sp³-hybridized carbons (Fsp3) is 0.529. The lowest BCUT2D eigenvalue weighted by molar-refractivity contribution is -0.179. The Bertz CT molecular complexity index is 609. The Balaban J connectivity index is 1.49. The number of rotatable bonds is 5. The van der Waals surface area contributed by atoms with Crippen molar-refractivity contribution in [3.8, 4) is 0 Å². The van der Waals surface area contributed by atoms with Crippen LogP contribution < -0.4 is 4.90 Å². The van der Waals surface area contributed by atoms with Gasteiger partial charge < -0.3 is 9.69 Å². The highest BCUT2D eigenvalue weighted by molar-refractivity contribution is 6.00. The third kappa shape index (κ3) is 3.85. The van der Waals surface area contributed by atoms with Gasteiger partial charge in [0.05, 0.1) is 0 Å². The van der Waals surface area contributed by atoms with E-state index in [2.05, 4.69) is 21.9 Å². The first kappa shape index (κ1) is 17.9. The molecule has 1 atom stereocenters. The molecule has 2 aliphatic heterocycles. The standard InChI is InChI=1S/C17H20F3N3O2/c18-17(19,20)16(25)15(12-24)23-10-14(11-23)22-8-6-21(7-9-22)13-4-2-1-3-5-13/h1-5,12,14-15H,6-11H2. The minimum Gasteiger partial charge on any atom is -0.369 e. The lowest BCUT2D eigenvalue weighted by Crippen LogP contribution is -2.67. The lowest BCUT2D eigenvalue weighted by atomic mass is 10.0. The monoisotopic (exact) mass is 355 g/mol. The number of para-hydroxylation sites is 1. The van der Waals surface area contributed by atoms with Crippen LogP contribution in [0.5, 0.6) is 0 Å². The summed E-state index contributed by atoms with van der Waals surface area (Å²) in [5.41, 5.74) is 1.16. The Morgan fingerprint density at radius 2 is 1.68 bits per heavy atom. The maximum absolute atomic E-state index is 12.5. The number of halogens is 3. The maximum atomic E-state index is 12.5. The molecule has 5 nitrogen and oxygen atoms in total. The molecule has 2 aliphatic rings. The zero-order valence-corrected chi connectivity index (χ0v) is 13.7. The molecule has 3 rings (SSSR count). The van der Waals surface area contributed by atoms with Gasteiger partial charge >= 0.3 is 6.18 Å². The minimum absolute atomic E-state index is 0.0966. The van der Waals surface area contributed by atoms with Gasteiger partial charge in [-0.25, -0.2) is 0 Å². The van der Waals surface area contributed by atoms with Crippen LogP contribution in [0.15, 0.2) is 30.3 Å². The van der Waals surface area contributed by atoms with Gasteiger partial charge in [-0.05, 0) is 12.1 Å². The van der Waals surface area contributed by atoms with Crippen molar-refractivity contribution < 1.29 is 22.8 Å². The molecule has 0 N–H and O–H groups in total. The van der Waals surface area contributed by atoms with Gasteiger partial charge in [-0.2, -0.15) is 13.2 Å². The van der Waals surface area contributed by atoms with Gasteiger partial charge in [-0.1, -0.05) is 18.2 Å². The smallest absolute Gasteiger partial charge is 0.369 e. The molecule has 0 bridgehead atoms. The van der Waals surface area contributed by atoms with Crippen molar-refractivity contribution in [3.05, 3.63) is 30.3 Å². The molecule has 0 aliphatic carbocycles. The molecular weight excluding hydrogens is 335 g/mol. The van der Waals surface area contributed by atoms with Crippen LogP contribution in [0.3, 0.4) is 0 Å². The number of alkyl halides is 3. The molecule has 1 unspecified atom stereocenters. The number of likely N-dealkylation sites (tertiary alicyclic amines) is 1. The number of Topliss-reactive ketones (excluding diaryl/α,β-unsaturated/α-hetero) is 1. The molecule has 1 aromatic carbocycles. The van der Waals surface area contributed by atoms with E-state index in [0.717, 1.165) is 31.9 Å². The van der Waals surface area contributed by atoms with Crippen LogP contribution in [0.2, 0.25) is 0 Å². The molecular formula is C17H20F3N3O2. The first-order valence-corrected chi connectivity index (χ1v) is 8.24. The summed E-state index contributed by atoms with van der Waals surface area (Å²) in [5, 5.41) is 0. The van der Waals surface area contributed by atoms with Crippen molar-refractivity contribution >= 4 is 17.8 Å². The summed E-state index contributed by atoms with van der Waals surface area (Å²) in [4.78, 5) is 28.0. The highest BCUT2D eigenvalue weighted by atomic mass is 19.4. The predicted octanol–water partition coefficient (Wildman–Crippen LogP) is 1.19. The summed E-state index contributed by atoms with van der Waals surface area (Å²) < 4.78 is 37.5. The third-order valence-electron chi connectivity index (χ3n) is 4.91. The average Bonchev–Trinajstić information content (AvgIpc) is 2.57. The van der Waals surface area contributed by atoms with Crippen LogP contribution in [-0.2, 0) is 9.59 Å². The van der Waals surface area contributed by atoms with E-state index in [-0.39, 0.29) is 12.3 Å². The van der Waals surface area contributed by atoms with Gasteiger partial charge in [-0.3, -0.25) is 14.6 Å². The summed E-state index contributed by atoms with van der Waals surface area (Å²) in [7, 11) is 0. The average molecular weight is 355 g/mol. The molecule has 0 saturated carbocycles. The summed E-state index contributed by atoms with van der Waals surface area (Å²) in [6.07, 6.45) is -4.88. The molecule has 136 valence electrons. The van der Waals surface area contributed by atoms with E-state index < -0.39 is 18.0 Å². The van der Waals surface area contributed by atoms with Crippen molar-refractivity contribution in [2.24, 2.45) is 0 Å². The maximum Gasteiger partial charge on any atom is 0.452 e. The fourth-order valence-corrected chi connectivity index (χ4v) is 3.41. The number of hydrogen-bond acceptors (Lipinski definition) is 5. The Morgan fingerprint density at radius 3 is 2.20 bits per heavy atom. The molecule has 0 amide bonds. The molecule has 8 heteroatoms. The number of hydrogen-bond donors (Lipinski definition) is 0. The van der Waals surface area contributed by atoms with Gasteiger partial charge in [0.15, 0.2) is 0 Å². The number of carbonyl (C=O) groups excluding carboxylic acids is 2. The van der Waals surface area contributed by atoms with Crippen LogP contribution in [0, 0.1) is 0 Å². The van der Waals surface area contributed by atoms with Crippen molar-refractivity contribution in [2.45, 2.75) is 18.3 Å². The van der Waals surface area contributed by atoms with E-state index in [0.29, 0.717) is 13.1 Å².